The first-order valence-corrected chi connectivity index (χ1v) is 5.96. The molecule has 1 rings (SSSR count). The zero-order valence-electron chi connectivity index (χ0n) is 7.78. The summed E-state index contributed by atoms with van der Waals surface area (Å²) in [6, 6.07) is 0. The van der Waals surface area contributed by atoms with E-state index in [9.17, 15) is 9.59 Å². The van der Waals surface area contributed by atoms with Gasteiger partial charge < -0.3 is 0 Å². The van der Waals surface area contributed by atoms with Gasteiger partial charge in [0.2, 0.25) is 0 Å². The number of thiazole rings is 1. The summed E-state index contributed by atoms with van der Waals surface area (Å²) in [6.07, 6.45) is 0. The molecule has 0 aromatic carbocycles. The number of oxime groups is 1. The molecule has 2 N–H and O–H groups in total. The SMILES string of the molecule is O=C(O)CON=C(C(=O)O)c1csc([AsH2])n1. The minimum atomic E-state index is -1.32. The van der Waals surface area contributed by atoms with Crippen LogP contribution in [0.2, 0.25) is 0 Å². The van der Waals surface area contributed by atoms with Crippen molar-refractivity contribution >= 4 is 49.6 Å². The number of aliphatic carboxylic acids is 2. The van der Waals surface area contributed by atoms with Gasteiger partial charge in [-0.05, 0) is 0 Å². The fourth-order valence-corrected chi connectivity index (χ4v) is 2.01. The van der Waals surface area contributed by atoms with E-state index in [0.29, 0.717) is 0 Å². The average molecular weight is 306 g/mol. The molecular formula is C7H7AsN2O5S. The maximum absolute atomic E-state index is 10.8. The Labute approximate surface area is 102 Å². The Morgan fingerprint density at radius 3 is 2.69 bits per heavy atom. The third kappa shape index (κ3) is 3.63. The first kappa shape index (κ1) is 12.7. The number of nitrogens with zero attached hydrogens (tertiary/aromatic N) is 2. The van der Waals surface area contributed by atoms with Crippen LogP contribution in [0.15, 0.2) is 10.5 Å². The van der Waals surface area contributed by atoms with Gasteiger partial charge in [-0.25, -0.2) is 0 Å². The Morgan fingerprint density at radius 2 is 2.25 bits per heavy atom. The molecule has 1 aromatic rings. The molecule has 1 unspecified atom stereocenters. The Balaban J connectivity index is 2.83. The van der Waals surface area contributed by atoms with Crippen molar-refractivity contribution in [2.24, 2.45) is 5.16 Å². The predicted octanol–water partition coefficient (Wildman–Crippen LogP) is -1.71. The molecule has 0 spiro atoms. The van der Waals surface area contributed by atoms with Crippen LogP contribution in [0.4, 0.5) is 0 Å². The van der Waals surface area contributed by atoms with Crippen molar-refractivity contribution < 1.29 is 24.6 Å². The third-order valence-electron chi connectivity index (χ3n) is 1.31. The van der Waals surface area contributed by atoms with E-state index in [-0.39, 0.29) is 5.69 Å². The van der Waals surface area contributed by atoms with Crippen LogP contribution in [-0.4, -0.2) is 56.3 Å². The minimum absolute atomic E-state index is 0.169. The fraction of sp³-hybridized carbons (Fsp3) is 0.143. The number of hydrogen-bond acceptors (Lipinski definition) is 6. The quantitative estimate of drug-likeness (QED) is 0.381. The molecule has 0 bridgehead atoms. The second-order valence-corrected chi connectivity index (χ2v) is 5.40. The monoisotopic (exact) mass is 306 g/mol. The molecule has 16 heavy (non-hydrogen) atoms. The Hall–Kier alpha value is -1.40. The van der Waals surface area contributed by atoms with E-state index >= 15 is 0 Å². The van der Waals surface area contributed by atoms with Gasteiger partial charge in [-0.2, -0.15) is 0 Å². The van der Waals surface area contributed by atoms with Gasteiger partial charge in [0, 0.05) is 0 Å². The molecule has 0 aliphatic carbocycles. The van der Waals surface area contributed by atoms with Crippen LogP contribution in [-0.2, 0) is 14.4 Å². The van der Waals surface area contributed by atoms with Crippen LogP contribution in [0.5, 0.6) is 0 Å². The van der Waals surface area contributed by atoms with Gasteiger partial charge in [0.05, 0.1) is 0 Å². The number of carboxylic acids is 2. The second kappa shape index (κ2) is 5.62. The van der Waals surface area contributed by atoms with E-state index in [4.69, 9.17) is 10.2 Å². The zero-order chi connectivity index (χ0) is 12.1. The van der Waals surface area contributed by atoms with Crippen molar-refractivity contribution in [1.29, 1.82) is 0 Å². The number of carbonyl (C=O) groups is 2. The van der Waals surface area contributed by atoms with E-state index in [1.165, 1.54) is 33.6 Å². The molecule has 0 saturated carbocycles. The van der Waals surface area contributed by atoms with Crippen molar-refractivity contribution in [2.75, 3.05) is 6.61 Å². The molecule has 1 heterocycles. The summed E-state index contributed by atoms with van der Waals surface area (Å²) in [5.41, 5.74) is -0.233. The van der Waals surface area contributed by atoms with Gasteiger partial charge in [0.15, 0.2) is 0 Å². The number of aromatic nitrogens is 1. The fourth-order valence-electron chi connectivity index (χ4n) is 0.744. The Kier molecular flexibility index (Phi) is 4.45. The van der Waals surface area contributed by atoms with Crippen molar-refractivity contribution in [3.05, 3.63) is 11.1 Å². The molecule has 7 nitrogen and oxygen atoms in total. The van der Waals surface area contributed by atoms with Crippen molar-refractivity contribution in [3.8, 4) is 0 Å². The summed E-state index contributed by atoms with van der Waals surface area (Å²) in [6.45, 7) is -0.691. The van der Waals surface area contributed by atoms with Crippen molar-refractivity contribution in [2.45, 2.75) is 0 Å². The van der Waals surface area contributed by atoms with E-state index in [1.54, 1.807) is 0 Å². The summed E-state index contributed by atoms with van der Waals surface area (Å²) in [4.78, 5) is 29.2. The van der Waals surface area contributed by atoms with Gasteiger partial charge in [-0.15, -0.1) is 0 Å². The van der Waals surface area contributed by atoms with E-state index in [1.807, 2.05) is 0 Å². The molecule has 0 radical (unpaired) electrons. The van der Waals surface area contributed by atoms with E-state index in [0.717, 1.165) is 3.80 Å². The third-order valence-corrected chi connectivity index (χ3v) is 3.11. The molecular weight excluding hydrogens is 299 g/mol. The Morgan fingerprint density at radius 1 is 1.56 bits per heavy atom. The van der Waals surface area contributed by atoms with Gasteiger partial charge in [-0.3, -0.25) is 0 Å². The van der Waals surface area contributed by atoms with Crippen LogP contribution < -0.4 is 3.80 Å². The van der Waals surface area contributed by atoms with E-state index in [2.05, 4.69) is 15.0 Å². The molecule has 0 fully saturated rings. The Bertz CT molecular complexity index is 444. The van der Waals surface area contributed by atoms with Crippen LogP contribution in [0.3, 0.4) is 0 Å². The predicted molar refractivity (Wildman–Crippen MR) is 58.1 cm³/mol. The molecule has 1 atom stereocenters. The number of carboxylic acid groups (broad SMARTS) is 2. The van der Waals surface area contributed by atoms with Gasteiger partial charge >= 0.3 is 102 Å². The summed E-state index contributed by atoms with van der Waals surface area (Å²) in [5, 5.41) is 21.9. The summed E-state index contributed by atoms with van der Waals surface area (Å²) < 4.78 is 0.745. The van der Waals surface area contributed by atoms with Gasteiger partial charge in [-0.1, -0.05) is 0 Å². The van der Waals surface area contributed by atoms with Crippen LogP contribution in [0, 0.1) is 0 Å². The van der Waals surface area contributed by atoms with Crippen LogP contribution in [0.1, 0.15) is 5.69 Å². The van der Waals surface area contributed by atoms with Crippen LogP contribution in [0.25, 0.3) is 0 Å². The standard InChI is InChI=1S/C7H7AsN2O5S/c8-7-9-3(2-16-7)5(6(13)14)10-15-1-4(11)12/h2H,1,8H2,(H,11,12)(H,13,14). The molecule has 0 aliphatic heterocycles. The second-order valence-electron chi connectivity index (χ2n) is 2.48. The first-order chi connectivity index (χ1) is 7.50. The number of hydrogen-bond donors (Lipinski definition) is 2. The van der Waals surface area contributed by atoms with Crippen molar-refractivity contribution in [3.63, 3.8) is 0 Å². The molecule has 1 aromatic heterocycles. The van der Waals surface area contributed by atoms with E-state index < -0.39 is 24.3 Å². The number of rotatable bonds is 5. The van der Waals surface area contributed by atoms with Gasteiger partial charge in [0.1, 0.15) is 0 Å². The first-order valence-electron chi connectivity index (χ1n) is 3.87. The molecule has 86 valence electrons. The summed E-state index contributed by atoms with van der Waals surface area (Å²) >= 11 is 2.55. The molecule has 0 saturated heterocycles. The molecule has 0 amide bonds. The van der Waals surface area contributed by atoms with Crippen LogP contribution >= 0.6 is 11.3 Å². The topological polar surface area (TPSA) is 109 Å². The normalized spacial score (nSPS) is 11.2. The summed E-state index contributed by atoms with van der Waals surface area (Å²) in [5.74, 6) is -2.55. The average Bonchev–Trinajstić information content (AvgIpc) is 2.58. The van der Waals surface area contributed by atoms with Gasteiger partial charge in [0.25, 0.3) is 0 Å². The summed E-state index contributed by atoms with van der Waals surface area (Å²) in [7, 11) is 0. The maximum atomic E-state index is 10.8. The molecule has 9 heteroatoms. The molecule has 0 aliphatic rings. The van der Waals surface area contributed by atoms with Crippen molar-refractivity contribution in [1.82, 2.24) is 4.98 Å². The zero-order valence-corrected chi connectivity index (χ0v) is 11.0.